The van der Waals surface area contributed by atoms with Gasteiger partial charge in [0.1, 0.15) is 5.54 Å². The van der Waals surface area contributed by atoms with Crippen molar-refractivity contribution in [3.05, 3.63) is 0 Å². The number of carbonyl (C=O) groups is 1. The van der Waals surface area contributed by atoms with Crippen molar-refractivity contribution < 1.29 is 9.53 Å². The van der Waals surface area contributed by atoms with Crippen molar-refractivity contribution in [2.75, 3.05) is 20.7 Å². The molecule has 2 aliphatic rings. The van der Waals surface area contributed by atoms with E-state index in [1.807, 2.05) is 0 Å². The molecule has 110 valence electrons. The average Bonchev–Trinajstić information content (AvgIpc) is 2.83. The smallest absolute Gasteiger partial charge is 0.325 e. The number of methoxy groups -OCH3 is 1. The van der Waals surface area contributed by atoms with Crippen LogP contribution in [0.25, 0.3) is 0 Å². The molecular formula is C15H28N2O2. The van der Waals surface area contributed by atoms with Gasteiger partial charge in [-0.1, -0.05) is 19.3 Å². The molecule has 0 aliphatic heterocycles. The Morgan fingerprint density at radius 3 is 2.63 bits per heavy atom. The molecule has 2 rings (SSSR count). The molecule has 0 bridgehead atoms. The number of carbonyl (C=O) groups excluding carboxylic acids is 1. The van der Waals surface area contributed by atoms with Crippen LogP contribution in [0, 0.1) is 5.92 Å². The van der Waals surface area contributed by atoms with Gasteiger partial charge in [0.2, 0.25) is 0 Å². The third-order valence-electron chi connectivity index (χ3n) is 5.01. The zero-order chi connectivity index (χ0) is 13.9. The molecule has 4 heteroatoms. The molecule has 0 aromatic carbocycles. The molecule has 0 aromatic rings. The van der Waals surface area contributed by atoms with E-state index in [4.69, 9.17) is 10.5 Å². The molecule has 2 aliphatic carbocycles. The second-order valence-corrected chi connectivity index (χ2v) is 6.49. The molecule has 2 N–H and O–H groups in total. The highest BCUT2D eigenvalue weighted by Gasteiger charge is 2.44. The first-order valence-corrected chi connectivity index (χ1v) is 7.63. The van der Waals surface area contributed by atoms with Crippen LogP contribution < -0.4 is 5.73 Å². The van der Waals surface area contributed by atoms with E-state index in [1.165, 1.54) is 39.2 Å². The molecule has 0 spiro atoms. The molecule has 0 amide bonds. The standard InChI is InChI=1S/C15H28N2O2/c1-17(11-12-6-4-3-5-7-12)13-8-9-15(16,10-13)14(18)19-2/h12-13H,3-11,16H2,1-2H3. The summed E-state index contributed by atoms with van der Waals surface area (Å²) in [6.07, 6.45) is 9.39. The SMILES string of the molecule is COC(=O)C1(N)CCC(N(C)CC2CCCCC2)C1. The topological polar surface area (TPSA) is 55.6 Å². The van der Waals surface area contributed by atoms with Crippen LogP contribution >= 0.6 is 0 Å². The molecule has 0 heterocycles. The summed E-state index contributed by atoms with van der Waals surface area (Å²) in [5, 5.41) is 0. The Balaban J connectivity index is 1.84. The van der Waals surface area contributed by atoms with Gasteiger partial charge in [0, 0.05) is 12.6 Å². The summed E-state index contributed by atoms with van der Waals surface area (Å²) in [6, 6.07) is 0.436. The molecule has 19 heavy (non-hydrogen) atoms. The Labute approximate surface area is 116 Å². The lowest BCUT2D eigenvalue weighted by Gasteiger charge is -2.31. The van der Waals surface area contributed by atoms with Gasteiger partial charge in [-0.3, -0.25) is 4.79 Å². The highest BCUT2D eigenvalue weighted by molar-refractivity contribution is 5.81. The van der Waals surface area contributed by atoms with Crippen LogP contribution in [0.4, 0.5) is 0 Å². The lowest BCUT2D eigenvalue weighted by molar-refractivity contribution is -0.146. The van der Waals surface area contributed by atoms with Crippen molar-refractivity contribution in [2.24, 2.45) is 11.7 Å². The lowest BCUT2D eigenvalue weighted by atomic mass is 9.88. The highest BCUT2D eigenvalue weighted by atomic mass is 16.5. The molecule has 2 unspecified atom stereocenters. The Morgan fingerprint density at radius 1 is 1.32 bits per heavy atom. The Hall–Kier alpha value is -0.610. The van der Waals surface area contributed by atoms with E-state index < -0.39 is 5.54 Å². The number of esters is 1. The third kappa shape index (κ3) is 3.48. The Kier molecular flexibility index (Phi) is 4.85. The Morgan fingerprint density at radius 2 is 2.00 bits per heavy atom. The van der Waals surface area contributed by atoms with Gasteiger partial charge in [-0.25, -0.2) is 0 Å². The Bertz CT molecular complexity index is 315. The summed E-state index contributed by atoms with van der Waals surface area (Å²) >= 11 is 0. The average molecular weight is 268 g/mol. The summed E-state index contributed by atoms with van der Waals surface area (Å²) in [4.78, 5) is 14.2. The second kappa shape index (κ2) is 6.23. The van der Waals surface area contributed by atoms with Gasteiger partial charge in [0.05, 0.1) is 7.11 Å². The first-order chi connectivity index (χ1) is 9.05. The van der Waals surface area contributed by atoms with Gasteiger partial charge in [-0.05, 0) is 45.1 Å². The molecule has 2 saturated carbocycles. The second-order valence-electron chi connectivity index (χ2n) is 6.49. The fourth-order valence-corrected chi connectivity index (χ4v) is 3.74. The van der Waals surface area contributed by atoms with E-state index in [1.54, 1.807) is 0 Å². The minimum Gasteiger partial charge on any atom is -0.468 e. The minimum atomic E-state index is -0.750. The van der Waals surface area contributed by atoms with Crippen molar-refractivity contribution >= 4 is 5.97 Å². The van der Waals surface area contributed by atoms with Crippen LogP contribution in [0.2, 0.25) is 0 Å². The van der Waals surface area contributed by atoms with E-state index >= 15 is 0 Å². The first-order valence-electron chi connectivity index (χ1n) is 7.63. The predicted octanol–water partition coefficient (Wildman–Crippen LogP) is 1.92. The summed E-state index contributed by atoms with van der Waals surface area (Å²) < 4.78 is 4.83. The monoisotopic (exact) mass is 268 g/mol. The molecule has 0 saturated heterocycles. The maximum Gasteiger partial charge on any atom is 0.325 e. The zero-order valence-electron chi connectivity index (χ0n) is 12.4. The molecule has 2 atom stereocenters. The molecular weight excluding hydrogens is 240 g/mol. The van der Waals surface area contributed by atoms with Gasteiger partial charge in [0.15, 0.2) is 0 Å². The molecule has 0 radical (unpaired) electrons. The number of rotatable bonds is 4. The molecule has 0 aromatic heterocycles. The van der Waals surface area contributed by atoms with E-state index in [0.717, 1.165) is 31.7 Å². The summed E-state index contributed by atoms with van der Waals surface area (Å²) in [6.45, 7) is 1.15. The summed E-state index contributed by atoms with van der Waals surface area (Å²) in [7, 11) is 3.61. The quantitative estimate of drug-likeness (QED) is 0.792. The number of hydrogen-bond acceptors (Lipinski definition) is 4. The number of ether oxygens (including phenoxy) is 1. The van der Waals surface area contributed by atoms with Crippen LogP contribution in [0.5, 0.6) is 0 Å². The van der Waals surface area contributed by atoms with Crippen LogP contribution in [0.15, 0.2) is 0 Å². The van der Waals surface area contributed by atoms with Crippen LogP contribution in [0.1, 0.15) is 51.4 Å². The molecule has 4 nitrogen and oxygen atoms in total. The van der Waals surface area contributed by atoms with Gasteiger partial charge in [-0.15, -0.1) is 0 Å². The lowest BCUT2D eigenvalue weighted by Crippen LogP contribution is -2.48. The first kappa shape index (κ1) is 14.8. The minimum absolute atomic E-state index is 0.249. The largest absolute Gasteiger partial charge is 0.468 e. The van der Waals surface area contributed by atoms with Crippen molar-refractivity contribution in [2.45, 2.75) is 62.9 Å². The van der Waals surface area contributed by atoms with E-state index in [9.17, 15) is 4.79 Å². The highest BCUT2D eigenvalue weighted by Crippen LogP contribution is 2.33. The van der Waals surface area contributed by atoms with E-state index in [2.05, 4.69) is 11.9 Å². The van der Waals surface area contributed by atoms with Crippen molar-refractivity contribution in [1.82, 2.24) is 4.90 Å². The summed E-state index contributed by atoms with van der Waals surface area (Å²) in [5.74, 6) is 0.589. The fourth-order valence-electron chi connectivity index (χ4n) is 3.74. The normalized spacial score (nSPS) is 32.7. The van der Waals surface area contributed by atoms with Crippen LogP contribution in [-0.2, 0) is 9.53 Å². The maximum absolute atomic E-state index is 11.7. The van der Waals surface area contributed by atoms with Crippen LogP contribution in [0.3, 0.4) is 0 Å². The van der Waals surface area contributed by atoms with Gasteiger partial charge < -0.3 is 15.4 Å². The van der Waals surface area contributed by atoms with Crippen molar-refractivity contribution in [3.8, 4) is 0 Å². The molecule has 2 fully saturated rings. The zero-order valence-corrected chi connectivity index (χ0v) is 12.4. The van der Waals surface area contributed by atoms with Crippen molar-refractivity contribution in [1.29, 1.82) is 0 Å². The summed E-state index contributed by atoms with van der Waals surface area (Å²) in [5.41, 5.74) is 5.42. The van der Waals surface area contributed by atoms with E-state index in [0.29, 0.717) is 6.04 Å². The van der Waals surface area contributed by atoms with Gasteiger partial charge >= 0.3 is 5.97 Å². The third-order valence-corrected chi connectivity index (χ3v) is 5.01. The van der Waals surface area contributed by atoms with Crippen molar-refractivity contribution in [3.63, 3.8) is 0 Å². The number of hydrogen-bond donors (Lipinski definition) is 1. The van der Waals surface area contributed by atoms with Gasteiger partial charge in [-0.2, -0.15) is 0 Å². The fraction of sp³-hybridized carbons (Fsp3) is 0.933. The van der Waals surface area contributed by atoms with Gasteiger partial charge in [0.25, 0.3) is 0 Å². The number of nitrogens with zero attached hydrogens (tertiary/aromatic N) is 1. The predicted molar refractivity (Wildman–Crippen MR) is 75.8 cm³/mol. The maximum atomic E-state index is 11.7. The van der Waals surface area contributed by atoms with Crippen LogP contribution in [-0.4, -0.2) is 43.2 Å². The number of nitrogens with two attached hydrogens (primary N) is 1. The van der Waals surface area contributed by atoms with E-state index in [-0.39, 0.29) is 5.97 Å².